The first-order valence-electron chi connectivity index (χ1n) is 7.06. The van der Waals surface area contributed by atoms with Crippen LogP contribution in [0.2, 0.25) is 0 Å². The summed E-state index contributed by atoms with van der Waals surface area (Å²) < 4.78 is 11.5. The third-order valence-corrected chi connectivity index (χ3v) is 5.51. The maximum absolute atomic E-state index is 6.02. The Morgan fingerprint density at radius 1 is 1.12 bits per heavy atom. The van der Waals surface area contributed by atoms with Gasteiger partial charge in [-0.15, -0.1) is 0 Å². The normalized spacial score (nSPS) is 25.9. The topological polar surface area (TPSA) is 18.5 Å². The SMILES string of the molecule is BrCC1(COCC2CCCCC2)CCOCC1. The lowest BCUT2D eigenvalue weighted by Gasteiger charge is -2.36. The van der Waals surface area contributed by atoms with Crippen LogP contribution in [0, 0.1) is 11.3 Å². The molecule has 0 amide bonds. The van der Waals surface area contributed by atoms with Crippen LogP contribution in [0.4, 0.5) is 0 Å². The monoisotopic (exact) mass is 304 g/mol. The van der Waals surface area contributed by atoms with Crippen LogP contribution in [0.1, 0.15) is 44.9 Å². The Kier molecular flexibility index (Phi) is 5.78. The molecule has 2 aliphatic rings. The van der Waals surface area contributed by atoms with E-state index in [0.717, 1.165) is 50.5 Å². The minimum Gasteiger partial charge on any atom is -0.381 e. The molecule has 2 nitrogen and oxygen atoms in total. The maximum atomic E-state index is 6.02. The van der Waals surface area contributed by atoms with E-state index in [1.54, 1.807) is 0 Å². The molecule has 0 radical (unpaired) electrons. The van der Waals surface area contributed by atoms with E-state index < -0.39 is 0 Å². The molecule has 0 aromatic carbocycles. The number of hydrogen-bond acceptors (Lipinski definition) is 2. The van der Waals surface area contributed by atoms with Crippen molar-refractivity contribution in [2.45, 2.75) is 44.9 Å². The highest BCUT2D eigenvalue weighted by Crippen LogP contribution is 2.33. The summed E-state index contributed by atoms with van der Waals surface area (Å²) >= 11 is 3.66. The van der Waals surface area contributed by atoms with Crippen LogP contribution >= 0.6 is 15.9 Å². The second kappa shape index (κ2) is 7.10. The lowest BCUT2D eigenvalue weighted by Crippen LogP contribution is -2.36. The molecule has 17 heavy (non-hydrogen) atoms. The first-order chi connectivity index (χ1) is 8.35. The summed E-state index contributed by atoms with van der Waals surface area (Å²) in [5.74, 6) is 0.830. The molecule has 0 spiro atoms. The van der Waals surface area contributed by atoms with E-state index in [2.05, 4.69) is 15.9 Å². The Bertz CT molecular complexity index is 208. The van der Waals surface area contributed by atoms with E-state index in [-0.39, 0.29) is 0 Å². The molecule has 1 saturated carbocycles. The third-order valence-electron chi connectivity index (χ3n) is 4.32. The molecule has 0 atom stereocenters. The second-order valence-corrected chi connectivity index (χ2v) is 6.33. The first-order valence-corrected chi connectivity index (χ1v) is 8.18. The minimum atomic E-state index is 0.340. The van der Waals surface area contributed by atoms with Gasteiger partial charge in [-0.1, -0.05) is 35.2 Å². The summed E-state index contributed by atoms with van der Waals surface area (Å²) in [6, 6.07) is 0. The molecule has 1 aliphatic carbocycles. The van der Waals surface area contributed by atoms with E-state index in [9.17, 15) is 0 Å². The number of rotatable bonds is 5. The van der Waals surface area contributed by atoms with E-state index in [1.807, 2.05) is 0 Å². The van der Waals surface area contributed by atoms with E-state index >= 15 is 0 Å². The molecule has 2 rings (SSSR count). The fourth-order valence-electron chi connectivity index (χ4n) is 2.92. The molecule has 0 N–H and O–H groups in total. The molecule has 3 heteroatoms. The minimum absolute atomic E-state index is 0.340. The van der Waals surface area contributed by atoms with Gasteiger partial charge in [-0.25, -0.2) is 0 Å². The lowest BCUT2D eigenvalue weighted by molar-refractivity contribution is -0.0360. The summed E-state index contributed by atoms with van der Waals surface area (Å²) in [6.07, 6.45) is 9.29. The Morgan fingerprint density at radius 2 is 1.82 bits per heavy atom. The summed E-state index contributed by atoms with van der Waals surface area (Å²) in [7, 11) is 0. The average molecular weight is 305 g/mol. The van der Waals surface area contributed by atoms with Crippen molar-refractivity contribution in [2.75, 3.05) is 31.8 Å². The smallest absolute Gasteiger partial charge is 0.0532 e. The van der Waals surface area contributed by atoms with Crippen molar-refractivity contribution in [1.82, 2.24) is 0 Å². The highest BCUT2D eigenvalue weighted by Gasteiger charge is 2.32. The van der Waals surface area contributed by atoms with Gasteiger partial charge in [0.25, 0.3) is 0 Å². The average Bonchev–Trinajstić information content (AvgIpc) is 2.41. The van der Waals surface area contributed by atoms with Crippen LogP contribution in [-0.2, 0) is 9.47 Å². The van der Waals surface area contributed by atoms with Gasteiger partial charge in [-0.2, -0.15) is 0 Å². The maximum Gasteiger partial charge on any atom is 0.0532 e. The fourth-order valence-corrected chi connectivity index (χ4v) is 3.64. The molecule has 1 heterocycles. The van der Waals surface area contributed by atoms with Crippen molar-refractivity contribution >= 4 is 15.9 Å². The first kappa shape index (κ1) is 13.8. The molecule has 0 unspecified atom stereocenters. The number of ether oxygens (including phenoxy) is 2. The predicted octanol–water partition coefficient (Wildman–Crippen LogP) is 3.78. The quantitative estimate of drug-likeness (QED) is 0.720. The zero-order valence-corrected chi connectivity index (χ0v) is 12.3. The molecule has 0 aromatic heterocycles. The third kappa shape index (κ3) is 4.22. The second-order valence-electron chi connectivity index (χ2n) is 5.77. The van der Waals surface area contributed by atoms with E-state index in [1.165, 1.54) is 32.1 Å². The summed E-state index contributed by atoms with van der Waals surface area (Å²) in [6.45, 7) is 3.70. The van der Waals surface area contributed by atoms with Gasteiger partial charge in [-0.3, -0.25) is 0 Å². The Hall–Kier alpha value is 0.400. The van der Waals surface area contributed by atoms with Gasteiger partial charge in [-0.05, 0) is 31.6 Å². The number of hydrogen-bond donors (Lipinski definition) is 0. The Balaban J connectivity index is 1.68. The lowest BCUT2D eigenvalue weighted by atomic mass is 9.83. The van der Waals surface area contributed by atoms with E-state index in [0.29, 0.717) is 5.41 Å². The van der Waals surface area contributed by atoms with Gasteiger partial charge < -0.3 is 9.47 Å². The fraction of sp³-hybridized carbons (Fsp3) is 1.00. The Labute approximate surface area is 114 Å². The molecule has 1 aliphatic heterocycles. The molecule has 2 fully saturated rings. The van der Waals surface area contributed by atoms with Gasteiger partial charge in [0, 0.05) is 30.6 Å². The Morgan fingerprint density at radius 3 is 2.47 bits per heavy atom. The number of alkyl halides is 1. The molecule has 0 aromatic rings. The van der Waals surface area contributed by atoms with Crippen molar-refractivity contribution < 1.29 is 9.47 Å². The molecule has 1 saturated heterocycles. The number of halogens is 1. The van der Waals surface area contributed by atoms with Crippen molar-refractivity contribution in [3.63, 3.8) is 0 Å². The molecular formula is C14H25BrO2. The van der Waals surface area contributed by atoms with Crippen molar-refractivity contribution in [1.29, 1.82) is 0 Å². The van der Waals surface area contributed by atoms with Crippen molar-refractivity contribution in [3.05, 3.63) is 0 Å². The summed E-state index contributed by atoms with van der Waals surface area (Å²) in [4.78, 5) is 0. The van der Waals surface area contributed by atoms with Gasteiger partial charge in [0.1, 0.15) is 0 Å². The zero-order chi connectivity index (χ0) is 12.0. The van der Waals surface area contributed by atoms with Gasteiger partial charge in [0.05, 0.1) is 6.61 Å². The zero-order valence-electron chi connectivity index (χ0n) is 10.8. The summed E-state index contributed by atoms with van der Waals surface area (Å²) in [5, 5.41) is 1.05. The van der Waals surface area contributed by atoms with Gasteiger partial charge >= 0.3 is 0 Å². The largest absolute Gasteiger partial charge is 0.381 e. The van der Waals surface area contributed by atoms with Crippen molar-refractivity contribution in [3.8, 4) is 0 Å². The van der Waals surface area contributed by atoms with Gasteiger partial charge in [0.2, 0.25) is 0 Å². The molecule has 100 valence electrons. The standard InChI is InChI=1S/C14H25BrO2/c15-11-14(6-8-16-9-7-14)12-17-10-13-4-2-1-3-5-13/h13H,1-12H2. The van der Waals surface area contributed by atoms with Crippen LogP contribution in [0.15, 0.2) is 0 Å². The van der Waals surface area contributed by atoms with Crippen LogP contribution in [0.3, 0.4) is 0 Å². The summed E-state index contributed by atoms with van der Waals surface area (Å²) in [5.41, 5.74) is 0.340. The van der Waals surface area contributed by atoms with Crippen LogP contribution in [0.25, 0.3) is 0 Å². The highest BCUT2D eigenvalue weighted by atomic mass is 79.9. The van der Waals surface area contributed by atoms with Crippen LogP contribution in [0.5, 0.6) is 0 Å². The highest BCUT2D eigenvalue weighted by molar-refractivity contribution is 9.09. The van der Waals surface area contributed by atoms with Crippen molar-refractivity contribution in [2.24, 2.45) is 11.3 Å². The van der Waals surface area contributed by atoms with Crippen LogP contribution in [-0.4, -0.2) is 31.8 Å². The predicted molar refractivity (Wildman–Crippen MR) is 73.7 cm³/mol. The molecular weight excluding hydrogens is 280 g/mol. The van der Waals surface area contributed by atoms with Crippen LogP contribution < -0.4 is 0 Å². The van der Waals surface area contributed by atoms with Gasteiger partial charge in [0.15, 0.2) is 0 Å². The van der Waals surface area contributed by atoms with E-state index in [4.69, 9.17) is 9.47 Å². The molecule has 0 bridgehead atoms.